The Kier molecular flexibility index (Phi) is 3.65. The van der Waals surface area contributed by atoms with Crippen LogP contribution in [-0.4, -0.2) is 17.6 Å². The van der Waals surface area contributed by atoms with E-state index in [0.29, 0.717) is 17.4 Å². The van der Waals surface area contributed by atoms with Crippen LogP contribution in [0.3, 0.4) is 0 Å². The molecule has 1 heterocycles. The van der Waals surface area contributed by atoms with Crippen LogP contribution in [0.4, 0.5) is 0 Å². The topological polar surface area (TPSA) is 24.9 Å². The van der Waals surface area contributed by atoms with Gasteiger partial charge in [-0.3, -0.25) is 0 Å². The van der Waals surface area contributed by atoms with Crippen molar-refractivity contribution in [1.82, 2.24) is 10.3 Å². The summed E-state index contributed by atoms with van der Waals surface area (Å²) in [6.07, 6.45) is 5.65. The number of hydrogen-bond acceptors (Lipinski definition) is 3. The monoisotopic (exact) mass is 238 g/mol. The molecule has 3 heteroatoms. The zero-order valence-corrected chi connectivity index (χ0v) is 11.3. The molecule has 1 saturated carbocycles. The van der Waals surface area contributed by atoms with Crippen molar-refractivity contribution in [1.29, 1.82) is 0 Å². The van der Waals surface area contributed by atoms with Crippen LogP contribution in [0.15, 0.2) is 11.6 Å². The highest BCUT2D eigenvalue weighted by atomic mass is 32.1. The number of hydrogen-bond donors (Lipinski definition) is 1. The van der Waals surface area contributed by atoms with Gasteiger partial charge in [-0.15, -0.1) is 11.3 Å². The summed E-state index contributed by atoms with van der Waals surface area (Å²) in [7, 11) is 0. The molecule has 0 spiro atoms. The summed E-state index contributed by atoms with van der Waals surface area (Å²) < 4.78 is 0. The molecule has 3 unspecified atom stereocenters. The predicted molar refractivity (Wildman–Crippen MR) is 70.0 cm³/mol. The predicted octanol–water partition coefficient (Wildman–Crippen LogP) is 3.41. The molecule has 1 aromatic rings. The fraction of sp³-hybridized carbons (Fsp3) is 0.769. The van der Waals surface area contributed by atoms with Crippen LogP contribution >= 0.6 is 11.3 Å². The second-order valence-corrected chi connectivity index (χ2v) is 5.95. The Labute approximate surface area is 102 Å². The molecule has 0 aliphatic heterocycles. The van der Waals surface area contributed by atoms with Crippen molar-refractivity contribution in [2.24, 2.45) is 5.41 Å². The summed E-state index contributed by atoms with van der Waals surface area (Å²) in [6, 6.07) is 0.686. The third kappa shape index (κ3) is 1.91. The van der Waals surface area contributed by atoms with Crippen molar-refractivity contribution in [3.8, 4) is 0 Å². The van der Waals surface area contributed by atoms with Crippen molar-refractivity contribution < 1.29 is 0 Å². The van der Waals surface area contributed by atoms with Crippen LogP contribution in [0.25, 0.3) is 0 Å². The lowest BCUT2D eigenvalue weighted by atomic mass is 9.56. The van der Waals surface area contributed by atoms with Crippen molar-refractivity contribution >= 4 is 11.3 Å². The fourth-order valence-corrected chi connectivity index (χ4v) is 3.69. The zero-order chi connectivity index (χ0) is 11.6. The summed E-state index contributed by atoms with van der Waals surface area (Å²) in [6.45, 7) is 8.09. The molecule has 1 aliphatic rings. The van der Waals surface area contributed by atoms with Gasteiger partial charge in [0.1, 0.15) is 0 Å². The molecule has 0 radical (unpaired) electrons. The molecule has 1 fully saturated rings. The highest BCUT2D eigenvalue weighted by Gasteiger charge is 2.51. The third-order valence-electron chi connectivity index (χ3n) is 4.22. The molecule has 16 heavy (non-hydrogen) atoms. The van der Waals surface area contributed by atoms with Gasteiger partial charge in [-0.2, -0.15) is 0 Å². The second kappa shape index (κ2) is 4.84. The molecular formula is C13H22N2S. The first-order valence-electron chi connectivity index (χ1n) is 6.35. The van der Waals surface area contributed by atoms with E-state index in [-0.39, 0.29) is 0 Å². The minimum absolute atomic E-state index is 0.410. The largest absolute Gasteiger partial charge is 0.313 e. The fourth-order valence-electron chi connectivity index (χ4n) is 2.77. The summed E-state index contributed by atoms with van der Waals surface area (Å²) in [4.78, 5) is 4.49. The maximum atomic E-state index is 4.49. The van der Waals surface area contributed by atoms with Crippen LogP contribution in [0.1, 0.15) is 51.0 Å². The van der Waals surface area contributed by atoms with E-state index in [1.807, 2.05) is 17.5 Å². The van der Waals surface area contributed by atoms with Gasteiger partial charge in [-0.25, -0.2) is 4.98 Å². The molecule has 0 amide bonds. The molecular weight excluding hydrogens is 216 g/mol. The molecule has 2 rings (SSSR count). The molecule has 1 N–H and O–H groups in total. The van der Waals surface area contributed by atoms with Gasteiger partial charge in [0.2, 0.25) is 0 Å². The molecule has 1 aromatic heterocycles. The van der Waals surface area contributed by atoms with Gasteiger partial charge >= 0.3 is 0 Å². The zero-order valence-electron chi connectivity index (χ0n) is 10.5. The van der Waals surface area contributed by atoms with E-state index in [0.717, 1.165) is 6.54 Å². The van der Waals surface area contributed by atoms with E-state index in [9.17, 15) is 0 Å². The lowest BCUT2D eigenvalue weighted by Crippen LogP contribution is -2.56. The Morgan fingerprint density at radius 2 is 2.38 bits per heavy atom. The number of nitrogens with zero attached hydrogens (tertiary/aromatic N) is 1. The van der Waals surface area contributed by atoms with Crippen LogP contribution in [-0.2, 0) is 0 Å². The molecule has 0 aromatic carbocycles. The van der Waals surface area contributed by atoms with Crippen molar-refractivity contribution in [2.75, 3.05) is 6.54 Å². The first-order chi connectivity index (χ1) is 7.72. The van der Waals surface area contributed by atoms with Crippen LogP contribution in [0.5, 0.6) is 0 Å². The lowest BCUT2D eigenvalue weighted by Gasteiger charge is -2.53. The van der Waals surface area contributed by atoms with Crippen molar-refractivity contribution in [3.63, 3.8) is 0 Å². The summed E-state index contributed by atoms with van der Waals surface area (Å²) in [5, 5.41) is 7.11. The van der Waals surface area contributed by atoms with E-state index in [1.54, 1.807) is 0 Å². The maximum Gasteiger partial charge on any atom is 0.0962 e. The second-order valence-electron chi connectivity index (χ2n) is 5.02. The minimum Gasteiger partial charge on any atom is -0.313 e. The number of nitrogens with one attached hydrogen (secondary N) is 1. The highest BCUT2D eigenvalue weighted by molar-refractivity contribution is 7.09. The molecule has 0 bridgehead atoms. The molecule has 90 valence electrons. The Morgan fingerprint density at radius 1 is 1.56 bits per heavy atom. The smallest absolute Gasteiger partial charge is 0.0962 e. The summed E-state index contributed by atoms with van der Waals surface area (Å²) in [5.74, 6) is 0.673. The van der Waals surface area contributed by atoms with Crippen molar-refractivity contribution in [3.05, 3.63) is 16.6 Å². The quantitative estimate of drug-likeness (QED) is 0.850. The Morgan fingerprint density at radius 3 is 2.94 bits per heavy atom. The highest BCUT2D eigenvalue weighted by Crippen LogP contribution is 2.55. The normalized spacial score (nSPS) is 33.7. The lowest BCUT2D eigenvalue weighted by molar-refractivity contribution is 0.0444. The summed E-state index contributed by atoms with van der Waals surface area (Å²) >= 11 is 1.81. The van der Waals surface area contributed by atoms with E-state index in [2.05, 4.69) is 36.5 Å². The number of rotatable bonds is 5. The number of aromatic nitrogens is 1. The maximum absolute atomic E-state index is 4.49. The van der Waals surface area contributed by atoms with Crippen LogP contribution in [0, 0.1) is 5.41 Å². The van der Waals surface area contributed by atoms with Gasteiger partial charge in [0.05, 0.1) is 5.01 Å². The average molecular weight is 238 g/mol. The third-order valence-corrected chi connectivity index (χ3v) is 5.10. The number of thiazole rings is 1. The average Bonchev–Trinajstić information content (AvgIpc) is 2.80. The van der Waals surface area contributed by atoms with Gasteiger partial charge in [0.15, 0.2) is 0 Å². The summed E-state index contributed by atoms with van der Waals surface area (Å²) in [5.41, 5.74) is 0.410. The Hall–Kier alpha value is -0.410. The SMILES string of the molecule is CCCNC1CC(c2nccs2)C1(C)CC. The van der Waals surface area contributed by atoms with Gasteiger partial charge in [0.25, 0.3) is 0 Å². The first-order valence-corrected chi connectivity index (χ1v) is 7.23. The van der Waals surface area contributed by atoms with Gasteiger partial charge in [0, 0.05) is 23.5 Å². The van der Waals surface area contributed by atoms with Gasteiger partial charge in [-0.05, 0) is 31.2 Å². The van der Waals surface area contributed by atoms with E-state index in [1.165, 1.54) is 24.3 Å². The van der Waals surface area contributed by atoms with Gasteiger partial charge < -0.3 is 5.32 Å². The molecule has 0 saturated heterocycles. The molecule has 3 atom stereocenters. The van der Waals surface area contributed by atoms with E-state index >= 15 is 0 Å². The minimum atomic E-state index is 0.410. The standard InChI is InChI=1S/C13H22N2S/c1-4-6-14-11-9-10(13(11,3)5-2)12-15-7-8-16-12/h7-8,10-11,14H,4-6,9H2,1-3H3. The van der Waals surface area contributed by atoms with Gasteiger partial charge in [-0.1, -0.05) is 20.8 Å². The van der Waals surface area contributed by atoms with Crippen LogP contribution < -0.4 is 5.32 Å². The van der Waals surface area contributed by atoms with E-state index in [4.69, 9.17) is 0 Å². The molecule has 2 nitrogen and oxygen atoms in total. The van der Waals surface area contributed by atoms with Crippen molar-refractivity contribution in [2.45, 2.75) is 52.0 Å². The first kappa shape index (κ1) is 12.1. The van der Waals surface area contributed by atoms with E-state index < -0.39 is 0 Å². The van der Waals surface area contributed by atoms with Crippen LogP contribution in [0.2, 0.25) is 0 Å². The Bertz CT molecular complexity index is 323. The molecule has 1 aliphatic carbocycles. The Balaban J connectivity index is 2.04.